The van der Waals surface area contributed by atoms with Crippen LogP contribution in [0.5, 0.6) is 0 Å². The molecule has 1 aromatic heterocycles. The van der Waals surface area contributed by atoms with Crippen molar-refractivity contribution in [2.24, 2.45) is 5.92 Å². The lowest BCUT2D eigenvalue weighted by Gasteiger charge is -2.28. The van der Waals surface area contributed by atoms with Crippen LogP contribution in [0.4, 0.5) is 0 Å². The molecule has 1 aliphatic carbocycles. The van der Waals surface area contributed by atoms with E-state index in [1.165, 1.54) is 0 Å². The molecule has 0 saturated heterocycles. The average Bonchev–Trinajstić information content (AvgIpc) is 3.08. The van der Waals surface area contributed by atoms with Gasteiger partial charge in [0.25, 0.3) is 5.91 Å². The zero-order chi connectivity index (χ0) is 17.6. The Balaban J connectivity index is 1.68. The number of ether oxygens (including phenoxy) is 1. The van der Waals surface area contributed by atoms with Crippen molar-refractivity contribution in [3.8, 4) is 0 Å². The number of nitrogens with zero attached hydrogens (tertiary/aromatic N) is 1. The van der Waals surface area contributed by atoms with E-state index in [0.29, 0.717) is 6.54 Å². The summed E-state index contributed by atoms with van der Waals surface area (Å²) >= 11 is 1.66. The number of fused-ring (bicyclic) bond motifs is 1. The van der Waals surface area contributed by atoms with Gasteiger partial charge in [-0.1, -0.05) is 31.9 Å². The molecule has 1 fully saturated rings. The number of aromatic nitrogens is 1. The van der Waals surface area contributed by atoms with Crippen LogP contribution in [-0.4, -0.2) is 30.0 Å². The molecule has 1 aromatic carbocycles. The number of para-hydroxylation sites is 1. The van der Waals surface area contributed by atoms with Gasteiger partial charge >= 0.3 is 5.97 Å². The Hall–Kier alpha value is -1.95. The van der Waals surface area contributed by atoms with Crippen LogP contribution in [0.25, 0.3) is 10.2 Å². The number of hydrogen-bond donors (Lipinski definition) is 1. The van der Waals surface area contributed by atoms with Crippen molar-refractivity contribution in [3.63, 3.8) is 0 Å². The Kier molecular flexibility index (Phi) is 6.02. The molecule has 25 heavy (non-hydrogen) atoms. The number of nitrogens with one attached hydrogen (secondary N) is 1. The van der Waals surface area contributed by atoms with Gasteiger partial charge in [0.1, 0.15) is 0 Å². The summed E-state index contributed by atoms with van der Waals surface area (Å²) in [5.74, 6) is -0.608. The van der Waals surface area contributed by atoms with Gasteiger partial charge in [0.05, 0.1) is 21.1 Å². The van der Waals surface area contributed by atoms with E-state index in [2.05, 4.69) is 11.4 Å². The van der Waals surface area contributed by atoms with Crippen LogP contribution in [0, 0.1) is 5.92 Å². The van der Waals surface area contributed by atoms with Gasteiger partial charge in [-0.25, -0.2) is 4.98 Å². The molecule has 1 saturated carbocycles. The first kappa shape index (κ1) is 17.9. The third-order valence-electron chi connectivity index (χ3n) is 4.61. The van der Waals surface area contributed by atoms with E-state index in [4.69, 9.17) is 9.72 Å². The fourth-order valence-electron chi connectivity index (χ4n) is 3.32. The lowest BCUT2D eigenvalue weighted by molar-refractivity contribution is -0.154. The van der Waals surface area contributed by atoms with Gasteiger partial charge in [0.15, 0.2) is 6.61 Å². The van der Waals surface area contributed by atoms with E-state index >= 15 is 0 Å². The summed E-state index contributed by atoms with van der Waals surface area (Å²) in [6, 6.07) is 8.05. The zero-order valence-electron chi connectivity index (χ0n) is 14.5. The number of rotatable bonds is 6. The molecule has 0 bridgehead atoms. The zero-order valence-corrected chi connectivity index (χ0v) is 15.3. The van der Waals surface area contributed by atoms with Crippen molar-refractivity contribution >= 4 is 33.4 Å². The molecular formula is C19H24N2O3S. The van der Waals surface area contributed by atoms with Gasteiger partial charge in [-0.2, -0.15) is 0 Å². The van der Waals surface area contributed by atoms with Crippen LogP contribution in [0.15, 0.2) is 24.3 Å². The van der Waals surface area contributed by atoms with E-state index < -0.39 is 0 Å². The number of carbonyl (C=O) groups is 2. The van der Waals surface area contributed by atoms with Crippen LogP contribution >= 0.6 is 11.3 Å². The maximum absolute atomic E-state index is 12.5. The van der Waals surface area contributed by atoms with Crippen molar-refractivity contribution in [2.75, 3.05) is 13.2 Å². The second kappa shape index (κ2) is 8.43. The number of thiazole rings is 1. The van der Waals surface area contributed by atoms with E-state index in [9.17, 15) is 9.59 Å². The van der Waals surface area contributed by atoms with Crippen LogP contribution in [0.2, 0.25) is 0 Å². The summed E-state index contributed by atoms with van der Waals surface area (Å²) in [5.41, 5.74) is 0.985. The highest BCUT2D eigenvalue weighted by Gasteiger charge is 2.35. The van der Waals surface area contributed by atoms with Crippen LogP contribution < -0.4 is 5.32 Å². The summed E-state index contributed by atoms with van der Waals surface area (Å²) in [4.78, 5) is 28.9. The predicted octanol–water partition coefficient (Wildman–Crippen LogP) is 3.64. The van der Waals surface area contributed by atoms with Crippen molar-refractivity contribution < 1.29 is 14.3 Å². The van der Waals surface area contributed by atoms with E-state index in [-0.39, 0.29) is 30.3 Å². The number of esters is 1. The maximum atomic E-state index is 12.5. The molecule has 2 aromatic rings. The average molecular weight is 360 g/mol. The number of amides is 1. The molecular weight excluding hydrogens is 336 g/mol. The highest BCUT2D eigenvalue weighted by Crippen LogP contribution is 2.41. The maximum Gasteiger partial charge on any atom is 0.310 e. The predicted molar refractivity (Wildman–Crippen MR) is 98.6 cm³/mol. The summed E-state index contributed by atoms with van der Waals surface area (Å²) < 4.78 is 6.44. The second-order valence-electron chi connectivity index (χ2n) is 6.47. The minimum atomic E-state index is -0.268. The van der Waals surface area contributed by atoms with Gasteiger partial charge in [0, 0.05) is 12.5 Å². The Bertz CT molecular complexity index is 710. The van der Waals surface area contributed by atoms with Crippen LogP contribution in [0.3, 0.4) is 0 Å². The van der Waals surface area contributed by atoms with Gasteiger partial charge in [-0.15, -0.1) is 11.3 Å². The molecule has 1 amide bonds. The highest BCUT2D eigenvalue weighted by molar-refractivity contribution is 7.18. The standard InChI is InChI=1S/C19H24N2O3S/c1-2-11-20-17(22)12-24-19(23)14-8-4-3-7-13(14)18-21-15-9-5-6-10-16(15)25-18/h5-6,9-10,13-14H,2-4,7-8,11-12H2,1H3,(H,20,22)/t13-,14+/m0/s1. The lowest BCUT2D eigenvalue weighted by atomic mass is 9.79. The van der Waals surface area contributed by atoms with Gasteiger partial charge in [0.2, 0.25) is 0 Å². The highest BCUT2D eigenvalue weighted by atomic mass is 32.1. The summed E-state index contributed by atoms with van der Waals surface area (Å²) in [7, 11) is 0. The minimum absolute atomic E-state index is 0.0948. The van der Waals surface area contributed by atoms with Gasteiger partial charge < -0.3 is 10.1 Å². The van der Waals surface area contributed by atoms with Crippen molar-refractivity contribution in [2.45, 2.75) is 44.9 Å². The summed E-state index contributed by atoms with van der Waals surface area (Å²) in [6.45, 7) is 2.40. The molecule has 0 unspecified atom stereocenters. The number of hydrogen-bond acceptors (Lipinski definition) is 5. The first-order valence-corrected chi connectivity index (χ1v) is 9.79. The Morgan fingerprint density at radius 1 is 1.28 bits per heavy atom. The molecule has 5 nitrogen and oxygen atoms in total. The molecule has 1 N–H and O–H groups in total. The quantitative estimate of drug-likeness (QED) is 0.799. The van der Waals surface area contributed by atoms with Gasteiger partial charge in [-0.3, -0.25) is 9.59 Å². The van der Waals surface area contributed by atoms with Crippen molar-refractivity contribution in [3.05, 3.63) is 29.3 Å². The summed E-state index contributed by atoms with van der Waals surface area (Å²) in [5, 5.41) is 3.74. The number of carbonyl (C=O) groups excluding carboxylic acids is 2. The third-order valence-corrected chi connectivity index (χ3v) is 5.78. The molecule has 0 radical (unpaired) electrons. The van der Waals surface area contributed by atoms with E-state index in [1.807, 2.05) is 25.1 Å². The number of benzene rings is 1. The lowest BCUT2D eigenvalue weighted by Crippen LogP contribution is -2.33. The Morgan fingerprint density at radius 3 is 2.88 bits per heavy atom. The van der Waals surface area contributed by atoms with Crippen molar-refractivity contribution in [1.82, 2.24) is 10.3 Å². The molecule has 1 heterocycles. The topological polar surface area (TPSA) is 68.3 Å². The Labute approximate surface area is 151 Å². The fraction of sp³-hybridized carbons (Fsp3) is 0.526. The van der Waals surface area contributed by atoms with Crippen LogP contribution in [0.1, 0.15) is 50.0 Å². The molecule has 2 atom stereocenters. The summed E-state index contributed by atoms with van der Waals surface area (Å²) in [6.07, 6.45) is 4.73. The molecule has 6 heteroatoms. The minimum Gasteiger partial charge on any atom is -0.455 e. The monoisotopic (exact) mass is 360 g/mol. The second-order valence-corrected chi connectivity index (χ2v) is 7.54. The molecule has 1 aliphatic rings. The van der Waals surface area contributed by atoms with E-state index in [1.54, 1.807) is 11.3 Å². The van der Waals surface area contributed by atoms with E-state index in [0.717, 1.165) is 47.3 Å². The SMILES string of the molecule is CCCNC(=O)COC(=O)[C@@H]1CCCC[C@@H]1c1nc2ccccc2s1. The van der Waals surface area contributed by atoms with Crippen LogP contribution in [-0.2, 0) is 14.3 Å². The molecule has 0 spiro atoms. The van der Waals surface area contributed by atoms with Gasteiger partial charge in [-0.05, 0) is 31.4 Å². The fourth-order valence-corrected chi connectivity index (χ4v) is 4.48. The Morgan fingerprint density at radius 2 is 2.08 bits per heavy atom. The smallest absolute Gasteiger partial charge is 0.310 e. The molecule has 0 aliphatic heterocycles. The largest absolute Gasteiger partial charge is 0.455 e. The molecule has 134 valence electrons. The molecule has 3 rings (SSSR count). The van der Waals surface area contributed by atoms with Crippen molar-refractivity contribution in [1.29, 1.82) is 0 Å². The normalized spacial score (nSPS) is 20.4. The first-order valence-electron chi connectivity index (χ1n) is 8.98. The first-order chi connectivity index (χ1) is 12.2. The third kappa shape index (κ3) is 4.37.